The molecule has 0 fully saturated rings. The third-order valence-electron chi connectivity index (χ3n) is 0.330. The monoisotopic (exact) mass is 115 g/mol. The Morgan fingerprint density at radius 2 is 2.43 bits per heavy atom. The van der Waals surface area contributed by atoms with Crippen LogP contribution in [0.25, 0.3) is 0 Å². The van der Waals surface area contributed by atoms with E-state index in [0.29, 0.717) is 5.03 Å². The van der Waals surface area contributed by atoms with Gasteiger partial charge in [-0.1, -0.05) is 11.6 Å². The Bertz CT molecular complexity index is 116. The molecule has 0 amide bonds. The number of allylic oxidation sites excluding steroid dienone is 1. The fourth-order valence-corrected chi connectivity index (χ4v) is 0.183. The number of carbonyl (C=O) groups excluding carboxylic acids is 1. The Morgan fingerprint density at radius 1 is 1.86 bits per heavy atom. The maximum Gasteiger partial charge on any atom is 0.234 e. The molecule has 7 heavy (non-hydrogen) atoms. The molecule has 0 heterocycles. The smallest absolute Gasteiger partial charge is 0.234 e. The van der Waals surface area contributed by atoms with Gasteiger partial charge in [0, 0.05) is 6.08 Å². The van der Waals surface area contributed by atoms with Crippen LogP contribution >= 0.6 is 11.6 Å². The van der Waals surface area contributed by atoms with Crippen LogP contribution in [0.2, 0.25) is 0 Å². The minimum Gasteiger partial charge on any atom is -0.285 e. The highest BCUT2D eigenvalue weighted by Gasteiger charge is 1.67. The molecule has 0 unspecified atom stereocenters. The van der Waals surface area contributed by atoms with Gasteiger partial charge in [0.25, 0.3) is 0 Å². The molecule has 0 bridgehead atoms. The summed E-state index contributed by atoms with van der Waals surface area (Å²) in [5.74, 6) is 0. The van der Waals surface area contributed by atoms with E-state index in [0.717, 1.165) is 6.08 Å². The SMILES string of the molecule is CC(Cl)=C=C[C]=O. The molecule has 0 aliphatic carbocycles. The van der Waals surface area contributed by atoms with Gasteiger partial charge in [-0.2, -0.15) is 0 Å². The van der Waals surface area contributed by atoms with Gasteiger partial charge in [-0.3, -0.25) is 4.79 Å². The van der Waals surface area contributed by atoms with Crippen LogP contribution in [-0.4, -0.2) is 6.29 Å². The molecule has 37 valence electrons. The highest BCUT2D eigenvalue weighted by atomic mass is 35.5. The number of hydrogen-bond acceptors (Lipinski definition) is 1. The standard InChI is InChI=1S/C5H4ClO/c1-5(6)3-2-4-7/h2H,1H3. The van der Waals surface area contributed by atoms with Crippen molar-refractivity contribution in [3.8, 4) is 0 Å². The highest BCUT2D eigenvalue weighted by Crippen LogP contribution is 1.91. The molecular weight excluding hydrogens is 112 g/mol. The lowest BCUT2D eigenvalue weighted by Gasteiger charge is -1.66. The molecule has 0 N–H and O–H groups in total. The number of rotatable bonds is 1. The molecule has 0 aromatic carbocycles. The molecule has 1 nitrogen and oxygen atoms in total. The van der Waals surface area contributed by atoms with E-state index < -0.39 is 0 Å². The third-order valence-corrected chi connectivity index (χ3v) is 0.439. The van der Waals surface area contributed by atoms with Crippen molar-refractivity contribution >= 4 is 17.9 Å². The summed E-state index contributed by atoms with van der Waals surface area (Å²) in [6.45, 7) is 1.63. The summed E-state index contributed by atoms with van der Waals surface area (Å²) in [7, 11) is 0. The molecule has 0 saturated carbocycles. The average Bonchev–Trinajstić information content (AvgIpc) is 1.61. The van der Waals surface area contributed by atoms with Gasteiger partial charge < -0.3 is 0 Å². The zero-order valence-electron chi connectivity index (χ0n) is 3.86. The molecule has 0 aliphatic heterocycles. The lowest BCUT2D eigenvalue weighted by Crippen LogP contribution is -1.53. The van der Waals surface area contributed by atoms with E-state index in [-0.39, 0.29) is 0 Å². The van der Waals surface area contributed by atoms with Crippen molar-refractivity contribution in [3.63, 3.8) is 0 Å². The van der Waals surface area contributed by atoms with Crippen LogP contribution in [0.1, 0.15) is 6.92 Å². The second kappa shape index (κ2) is 3.66. The summed E-state index contributed by atoms with van der Waals surface area (Å²) in [5.41, 5.74) is 2.43. The second-order valence-corrected chi connectivity index (χ2v) is 1.51. The van der Waals surface area contributed by atoms with Gasteiger partial charge >= 0.3 is 0 Å². The number of hydrogen-bond donors (Lipinski definition) is 0. The van der Waals surface area contributed by atoms with Gasteiger partial charge in [-0.05, 0) is 6.92 Å². The summed E-state index contributed by atoms with van der Waals surface area (Å²) >= 11 is 5.25. The van der Waals surface area contributed by atoms with Crippen molar-refractivity contribution in [2.45, 2.75) is 6.92 Å². The van der Waals surface area contributed by atoms with E-state index >= 15 is 0 Å². The van der Waals surface area contributed by atoms with Crippen molar-refractivity contribution in [2.75, 3.05) is 0 Å². The van der Waals surface area contributed by atoms with E-state index in [1.54, 1.807) is 6.92 Å². The van der Waals surface area contributed by atoms with Crippen LogP contribution in [0.15, 0.2) is 16.8 Å². The van der Waals surface area contributed by atoms with Crippen molar-refractivity contribution in [2.24, 2.45) is 0 Å². The molecule has 0 atom stereocenters. The van der Waals surface area contributed by atoms with Crippen molar-refractivity contribution in [1.29, 1.82) is 0 Å². The van der Waals surface area contributed by atoms with Crippen molar-refractivity contribution in [3.05, 3.63) is 16.8 Å². The molecule has 1 radical (unpaired) electrons. The molecule has 0 aromatic heterocycles. The summed E-state index contributed by atoms with van der Waals surface area (Å²) in [6.07, 6.45) is 2.61. The predicted octanol–water partition coefficient (Wildman–Crippen LogP) is 1.39. The first-order chi connectivity index (χ1) is 3.27. The fourth-order valence-electron chi connectivity index (χ4n) is 0.129. The Kier molecular flexibility index (Phi) is 3.39. The minimum atomic E-state index is 0.461. The predicted molar refractivity (Wildman–Crippen MR) is 28.8 cm³/mol. The lowest BCUT2D eigenvalue weighted by molar-refractivity contribution is 0.564. The van der Waals surface area contributed by atoms with E-state index in [1.807, 2.05) is 0 Å². The lowest BCUT2D eigenvalue weighted by atomic mass is 10.6. The first kappa shape index (κ1) is 6.48. The minimum absolute atomic E-state index is 0.461. The topological polar surface area (TPSA) is 17.1 Å². The van der Waals surface area contributed by atoms with E-state index in [1.165, 1.54) is 6.29 Å². The van der Waals surface area contributed by atoms with Gasteiger partial charge in [0.15, 0.2) is 0 Å². The van der Waals surface area contributed by atoms with E-state index in [4.69, 9.17) is 11.6 Å². The molecule has 2 heteroatoms. The van der Waals surface area contributed by atoms with Crippen LogP contribution in [0.3, 0.4) is 0 Å². The number of halogens is 1. The van der Waals surface area contributed by atoms with Crippen molar-refractivity contribution < 1.29 is 4.79 Å². The average molecular weight is 116 g/mol. The maximum absolute atomic E-state index is 9.39. The Balaban J connectivity index is 3.86. The van der Waals surface area contributed by atoms with Gasteiger partial charge in [0.2, 0.25) is 6.29 Å². The van der Waals surface area contributed by atoms with E-state index in [2.05, 4.69) is 5.73 Å². The Hall–Kier alpha value is -0.520. The third kappa shape index (κ3) is 5.48. The Labute approximate surface area is 47.3 Å². The van der Waals surface area contributed by atoms with Crippen molar-refractivity contribution in [1.82, 2.24) is 0 Å². The second-order valence-electron chi connectivity index (χ2n) is 0.940. The molecule has 0 aromatic rings. The highest BCUT2D eigenvalue weighted by molar-refractivity contribution is 6.29. The van der Waals surface area contributed by atoms with Gasteiger partial charge in [-0.25, -0.2) is 0 Å². The molecule has 0 rings (SSSR count). The van der Waals surface area contributed by atoms with Crippen LogP contribution in [-0.2, 0) is 4.79 Å². The van der Waals surface area contributed by atoms with Gasteiger partial charge in [0.05, 0.1) is 5.03 Å². The Morgan fingerprint density at radius 3 is 2.57 bits per heavy atom. The summed E-state index contributed by atoms with van der Waals surface area (Å²) < 4.78 is 0. The summed E-state index contributed by atoms with van der Waals surface area (Å²) in [6, 6.07) is 0. The molecule has 0 aliphatic rings. The molecule has 0 saturated heterocycles. The van der Waals surface area contributed by atoms with Crippen LogP contribution in [0, 0.1) is 0 Å². The first-order valence-corrected chi connectivity index (χ1v) is 2.10. The van der Waals surface area contributed by atoms with Gasteiger partial charge in [-0.15, -0.1) is 5.73 Å². The van der Waals surface area contributed by atoms with E-state index in [9.17, 15) is 4.79 Å². The zero-order chi connectivity index (χ0) is 5.70. The summed E-state index contributed by atoms with van der Waals surface area (Å²) in [5, 5.41) is 0.461. The van der Waals surface area contributed by atoms with Crippen LogP contribution < -0.4 is 0 Å². The molecule has 0 spiro atoms. The van der Waals surface area contributed by atoms with Crippen LogP contribution in [0.4, 0.5) is 0 Å². The quantitative estimate of drug-likeness (QED) is 0.373. The normalized spacial score (nSPS) is 6.57. The maximum atomic E-state index is 9.39. The largest absolute Gasteiger partial charge is 0.285 e. The zero-order valence-corrected chi connectivity index (χ0v) is 4.62. The van der Waals surface area contributed by atoms with Gasteiger partial charge in [0.1, 0.15) is 0 Å². The molecular formula is C5H4ClO. The summed E-state index contributed by atoms with van der Waals surface area (Å²) in [4.78, 5) is 9.39. The van der Waals surface area contributed by atoms with Crippen LogP contribution in [0.5, 0.6) is 0 Å². The fraction of sp³-hybridized carbons (Fsp3) is 0.200. The first-order valence-electron chi connectivity index (χ1n) is 1.72.